The van der Waals surface area contributed by atoms with Gasteiger partial charge < -0.3 is 9.80 Å². The fraction of sp³-hybridized carbons (Fsp3) is 0.882. The molecule has 12 atom stereocenters. The van der Waals surface area contributed by atoms with Crippen molar-refractivity contribution in [2.75, 3.05) is 0 Å². The Morgan fingerprint density at radius 2 is 0.946 bits per heavy atom. The maximum Gasteiger partial charge on any atom is 0.0554 e. The molecule has 6 aliphatic rings. The van der Waals surface area contributed by atoms with E-state index in [1.807, 2.05) is 0 Å². The van der Waals surface area contributed by atoms with E-state index in [4.69, 9.17) is 0 Å². The molecular formula is C34H58N2Si. The van der Waals surface area contributed by atoms with Gasteiger partial charge in [0.05, 0.1) is 8.07 Å². The Bertz CT molecular complexity index is 849. The molecule has 37 heavy (non-hydrogen) atoms. The Labute approximate surface area is 230 Å². The van der Waals surface area contributed by atoms with E-state index in [9.17, 15) is 0 Å². The summed E-state index contributed by atoms with van der Waals surface area (Å²) >= 11 is 0. The first-order valence-electron chi connectivity index (χ1n) is 16.5. The lowest BCUT2D eigenvalue weighted by atomic mass is 9.84. The van der Waals surface area contributed by atoms with Crippen molar-refractivity contribution < 1.29 is 0 Å². The maximum absolute atomic E-state index is 2.99. The van der Waals surface area contributed by atoms with E-state index in [2.05, 4.69) is 76.6 Å². The predicted octanol–water partition coefficient (Wildman–Crippen LogP) is 9.08. The van der Waals surface area contributed by atoms with Gasteiger partial charge in [-0.25, -0.2) is 0 Å². The lowest BCUT2D eigenvalue weighted by Gasteiger charge is -2.45. The molecule has 12 unspecified atom stereocenters. The zero-order chi connectivity index (χ0) is 26.2. The summed E-state index contributed by atoms with van der Waals surface area (Å²) < 4.78 is 0. The minimum atomic E-state index is -1.53. The summed E-state index contributed by atoms with van der Waals surface area (Å²) in [5, 5.41) is 0. The van der Waals surface area contributed by atoms with Crippen LogP contribution in [0.2, 0.25) is 24.2 Å². The fourth-order valence-corrected chi connectivity index (χ4v) is 18.3. The molecule has 4 saturated carbocycles. The SMILES string of the molecule is CC1=CC2C(CC(C)C2[Si](C)(C)C2C(C)CC3C2C=C(C)N3C2CCCCC2C)N1C1CCCCC1C. The summed E-state index contributed by atoms with van der Waals surface area (Å²) in [5.74, 6) is 5.14. The first-order chi connectivity index (χ1) is 17.6. The lowest BCUT2D eigenvalue weighted by Crippen LogP contribution is -2.48. The molecule has 6 rings (SSSR count). The third kappa shape index (κ3) is 4.13. The van der Waals surface area contributed by atoms with Crippen molar-refractivity contribution in [2.24, 2.45) is 35.5 Å². The first-order valence-corrected chi connectivity index (χ1v) is 19.7. The van der Waals surface area contributed by atoms with E-state index in [-0.39, 0.29) is 0 Å². The van der Waals surface area contributed by atoms with Gasteiger partial charge in [-0.2, -0.15) is 0 Å². The van der Waals surface area contributed by atoms with E-state index in [1.54, 1.807) is 11.4 Å². The number of hydrogen-bond donors (Lipinski definition) is 0. The Hall–Kier alpha value is -0.703. The van der Waals surface area contributed by atoms with E-state index in [1.165, 1.54) is 64.2 Å². The summed E-state index contributed by atoms with van der Waals surface area (Å²) in [6.45, 7) is 21.1. The van der Waals surface area contributed by atoms with Gasteiger partial charge in [0.1, 0.15) is 0 Å². The van der Waals surface area contributed by atoms with Crippen LogP contribution in [0.25, 0.3) is 0 Å². The van der Waals surface area contributed by atoms with Gasteiger partial charge in [0.25, 0.3) is 0 Å². The quantitative estimate of drug-likeness (QED) is 0.340. The Morgan fingerprint density at radius 1 is 0.568 bits per heavy atom. The minimum absolute atomic E-state index is 0.797. The molecule has 0 aromatic carbocycles. The zero-order valence-electron chi connectivity index (χ0n) is 25.5. The van der Waals surface area contributed by atoms with Crippen molar-refractivity contribution in [3.8, 4) is 0 Å². The molecule has 2 aliphatic heterocycles. The van der Waals surface area contributed by atoms with Crippen molar-refractivity contribution in [1.82, 2.24) is 9.80 Å². The van der Waals surface area contributed by atoms with Crippen molar-refractivity contribution in [2.45, 2.75) is 154 Å². The molecule has 0 N–H and O–H groups in total. The topological polar surface area (TPSA) is 6.48 Å². The zero-order valence-corrected chi connectivity index (χ0v) is 26.5. The smallest absolute Gasteiger partial charge is 0.0554 e. The van der Waals surface area contributed by atoms with Crippen LogP contribution < -0.4 is 0 Å². The first kappa shape index (κ1) is 26.5. The largest absolute Gasteiger partial charge is 0.368 e. The molecule has 3 heteroatoms. The van der Waals surface area contributed by atoms with Gasteiger partial charge in [-0.3, -0.25) is 0 Å². The summed E-state index contributed by atoms with van der Waals surface area (Å²) in [6.07, 6.45) is 20.0. The maximum atomic E-state index is 2.99. The van der Waals surface area contributed by atoms with Gasteiger partial charge in [0, 0.05) is 35.6 Å². The van der Waals surface area contributed by atoms with Crippen molar-refractivity contribution in [3.63, 3.8) is 0 Å². The number of allylic oxidation sites excluding steroid dienone is 2. The number of nitrogens with zero attached hydrogens (tertiary/aromatic N) is 2. The average molecular weight is 523 g/mol. The van der Waals surface area contributed by atoms with E-state index < -0.39 is 8.07 Å². The molecule has 0 amide bonds. The van der Waals surface area contributed by atoms with Gasteiger partial charge >= 0.3 is 0 Å². The second-order valence-corrected chi connectivity index (χ2v) is 20.7. The van der Waals surface area contributed by atoms with Crippen LogP contribution in [0.15, 0.2) is 23.5 Å². The number of fused-ring (bicyclic) bond motifs is 2. The van der Waals surface area contributed by atoms with Crippen LogP contribution in [0.5, 0.6) is 0 Å². The lowest BCUT2D eigenvalue weighted by molar-refractivity contribution is 0.108. The number of rotatable bonds is 4. The summed E-state index contributed by atoms with van der Waals surface area (Å²) in [5.41, 5.74) is 5.17. The normalized spacial score (nSPS) is 48.2. The van der Waals surface area contributed by atoms with Gasteiger partial charge in [-0.05, 0) is 99.0 Å². The van der Waals surface area contributed by atoms with Crippen LogP contribution in [0, 0.1) is 35.5 Å². The summed E-state index contributed by atoms with van der Waals surface area (Å²) in [7, 11) is -1.53. The highest BCUT2D eigenvalue weighted by molar-refractivity contribution is 6.80. The second-order valence-electron chi connectivity index (χ2n) is 15.7. The summed E-state index contributed by atoms with van der Waals surface area (Å²) in [6, 6.07) is 3.20. The average Bonchev–Trinajstić information content (AvgIpc) is 3.51. The molecule has 4 aliphatic carbocycles. The Morgan fingerprint density at radius 3 is 1.32 bits per heavy atom. The molecule has 0 radical (unpaired) electrons. The molecule has 2 heterocycles. The molecule has 0 spiro atoms. The van der Waals surface area contributed by atoms with Gasteiger partial charge in [-0.15, -0.1) is 0 Å². The molecule has 4 fully saturated rings. The van der Waals surface area contributed by atoms with E-state index >= 15 is 0 Å². The monoisotopic (exact) mass is 522 g/mol. The van der Waals surface area contributed by atoms with Crippen LogP contribution in [0.3, 0.4) is 0 Å². The highest BCUT2D eigenvalue weighted by Gasteiger charge is 2.61. The molecule has 208 valence electrons. The fourth-order valence-electron chi connectivity index (χ4n) is 12.0. The van der Waals surface area contributed by atoms with Crippen LogP contribution in [-0.2, 0) is 0 Å². The van der Waals surface area contributed by atoms with Crippen molar-refractivity contribution in [1.29, 1.82) is 0 Å². The molecule has 0 aromatic rings. The highest BCUT2D eigenvalue weighted by atomic mass is 28.3. The predicted molar refractivity (Wildman–Crippen MR) is 161 cm³/mol. The molecule has 0 bridgehead atoms. The third-order valence-corrected chi connectivity index (χ3v) is 18.5. The Kier molecular flexibility index (Phi) is 6.98. The molecular weight excluding hydrogens is 464 g/mol. The van der Waals surface area contributed by atoms with Crippen molar-refractivity contribution >= 4 is 8.07 Å². The van der Waals surface area contributed by atoms with Crippen molar-refractivity contribution in [3.05, 3.63) is 23.5 Å². The van der Waals surface area contributed by atoms with Gasteiger partial charge in [0.2, 0.25) is 0 Å². The molecule has 0 saturated heterocycles. The molecule has 0 aromatic heterocycles. The molecule has 2 nitrogen and oxygen atoms in total. The van der Waals surface area contributed by atoms with Crippen LogP contribution in [-0.4, -0.2) is 42.0 Å². The van der Waals surface area contributed by atoms with Gasteiger partial charge in [0.15, 0.2) is 0 Å². The minimum Gasteiger partial charge on any atom is -0.368 e. The standard InChI is InChI=1S/C34H58N2Si/c1-21-13-9-11-15-29(21)35-25(5)19-27-31(35)17-23(3)33(27)37(7,8)34-24(4)18-32-28(34)20-26(6)36(32)30-16-12-10-14-22(30)2/h19-24,27-34H,9-18H2,1-8H3. The second kappa shape index (κ2) is 9.74. The van der Waals surface area contributed by atoms with Gasteiger partial charge in [-0.1, -0.05) is 78.6 Å². The van der Waals surface area contributed by atoms with E-state index in [0.717, 1.165) is 70.8 Å². The van der Waals surface area contributed by atoms with E-state index in [0.29, 0.717) is 0 Å². The number of hydrogen-bond acceptors (Lipinski definition) is 2. The highest BCUT2D eigenvalue weighted by Crippen LogP contribution is 2.63. The third-order valence-electron chi connectivity index (χ3n) is 13.1. The van der Waals surface area contributed by atoms with Crippen LogP contribution >= 0.6 is 0 Å². The Balaban J connectivity index is 1.26. The summed E-state index contributed by atoms with van der Waals surface area (Å²) in [4.78, 5) is 5.98. The van der Waals surface area contributed by atoms with Crippen LogP contribution in [0.4, 0.5) is 0 Å². The van der Waals surface area contributed by atoms with Crippen LogP contribution in [0.1, 0.15) is 106 Å².